The third kappa shape index (κ3) is 4.53. The number of nitrogens with zero attached hydrogens (tertiary/aromatic N) is 1. The predicted octanol–water partition coefficient (Wildman–Crippen LogP) is 4.28. The maximum atomic E-state index is 12.9. The first-order valence-corrected chi connectivity index (χ1v) is 11.2. The summed E-state index contributed by atoms with van der Waals surface area (Å²) in [5, 5.41) is 3.35. The summed E-state index contributed by atoms with van der Waals surface area (Å²) < 4.78 is 35.5. The van der Waals surface area contributed by atoms with E-state index in [1.165, 1.54) is 24.8 Å². The first-order valence-electron chi connectivity index (χ1n) is 12.7. The standard InChI is InChI=1S/C27H27N3O4/c1-33-17-22-3-2-11-30(22)15-18-4-7-21(8-5-18)28-14-25-24-13-19(20-10-12-34-16-20)6-9-23(24)26(31)29-27(25)32/h4-10,12-14,16,22,28H,2-3,11,15,17H2,1H3,(H,29,31,32)/b25-14-/t22-/m1/s1/i6T,13T/hT. The van der Waals surface area contributed by atoms with Crippen LogP contribution in [0.25, 0.3) is 16.7 Å². The highest BCUT2D eigenvalue weighted by Crippen LogP contribution is 2.30. The molecule has 2 amide bonds. The quantitative estimate of drug-likeness (QED) is 0.402. The molecule has 0 aliphatic carbocycles. The predicted molar refractivity (Wildman–Crippen MR) is 130 cm³/mol. The molecule has 3 heterocycles. The summed E-state index contributed by atoms with van der Waals surface area (Å²) in [6.45, 7) is 2.59. The van der Waals surface area contributed by atoms with Crippen LogP contribution in [0.1, 0.15) is 37.1 Å². The number of carbonyl (C=O) groups excluding carboxylic acids is 2. The van der Waals surface area contributed by atoms with E-state index in [-0.39, 0.29) is 39.7 Å². The summed E-state index contributed by atoms with van der Waals surface area (Å²) in [4.78, 5) is 28.0. The molecule has 0 bridgehead atoms. The Labute approximate surface area is 202 Å². The fourth-order valence-corrected chi connectivity index (χ4v) is 4.42. The van der Waals surface area contributed by atoms with Gasteiger partial charge in [-0.3, -0.25) is 19.8 Å². The molecule has 2 aliphatic rings. The van der Waals surface area contributed by atoms with E-state index in [2.05, 4.69) is 10.2 Å². The third-order valence-electron chi connectivity index (χ3n) is 6.20. The van der Waals surface area contributed by atoms with E-state index in [0.29, 0.717) is 17.3 Å². The molecule has 7 heteroatoms. The number of furan rings is 1. The van der Waals surface area contributed by atoms with E-state index in [1.807, 2.05) is 24.3 Å². The molecule has 1 atom stereocenters. The van der Waals surface area contributed by atoms with Crippen molar-refractivity contribution in [3.05, 3.63) is 83.9 Å². The largest absolute Gasteiger partial charge is 0.472 e. The molecular formula is C27H27N3O4. The number of likely N-dealkylation sites (tertiary alicyclic amines) is 1. The van der Waals surface area contributed by atoms with E-state index < -0.39 is 11.8 Å². The van der Waals surface area contributed by atoms with E-state index in [0.717, 1.165) is 38.1 Å². The van der Waals surface area contributed by atoms with Gasteiger partial charge < -0.3 is 14.5 Å². The van der Waals surface area contributed by atoms with Crippen molar-refractivity contribution in [3.8, 4) is 11.1 Å². The number of amides is 2. The van der Waals surface area contributed by atoms with Gasteiger partial charge in [-0.05, 0) is 60.8 Å². The molecular weight excluding hydrogens is 430 g/mol. The van der Waals surface area contributed by atoms with Gasteiger partial charge in [0.05, 0.1) is 27.4 Å². The number of methoxy groups -OCH3 is 1. The number of anilines is 1. The molecule has 0 unspecified atom stereocenters. The van der Waals surface area contributed by atoms with Crippen molar-refractivity contribution in [3.63, 3.8) is 0 Å². The van der Waals surface area contributed by atoms with Crippen molar-refractivity contribution in [2.75, 3.05) is 25.6 Å². The van der Waals surface area contributed by atoms with Crippen LogP contribution in [0.3, 0.4) is 0 Å². The number of fused-ring (bicyclic) bond motifs is 1. The third-order valence-corrected chi connectivity index (χ3v) is 6.20. The monoisotopic (exact) mass is 463 g/mol. The zero-order valence-corrected chi connectivity index (χ0v) is 18.8. The Morgan fingerprint density at radius 2 is 2.06 bits per heavy atom. The Kier molecular flexibility index (Phi) is 5.32. The SMILES string of the molecule is [3H]c1cc2c(c([3H])c1-c1ccoc1)/C(=C/Nc1ccc(CN3CCC[C@@H]3COC)cc1)C(=O)N([3H])C2=O. The van der Waals surface area contributed by atoms with E-state index >= 15 is 0 Å². The fraction of sp³-hybridized carbons (Fsp3) is 0.259. The van der Waals surface area contributed by atoms with Crippen molar-refractivity contribution >= 4 is 23.1 Å². The van der Waals surface area contributed by atoms with E-state index in [1.54, 1.807) is 13.2 Å². The maximum absolute atomic E-state index is 12.9. The summed E-state index contributed by atoms with van der Waals surface area (Å²) in [6.07, 6.45) is 6.55. The van der Waals surface area contributed by atoms with Crippen LogP contribution in [0.4, 0.5) is 5.69 Å². The van der Waals surface area contributed by atoms with Crippen LogP contribution in [-0.2, 0) is 16.1 Å². The highest BCUT2D eigenvalue weighted by atomic mass is 16.5. The summed E-state index contributed by atoms with van der Waals surface area (Å²) in [6, 6.07) is 11.0. The van der Waals surface area contributed by atoms with Crippen molar-refractivity contribution in [1.29, 1.82) is 0 Å². The maximum Gasteiger partial charge on any atom is 0.260 e. The minimum absolute atomic E-state index is 0.00268. The van der Waals surface area contributed by atoms with Gasteiger partial charge in [0.2, 0.25) is 0 Å². The van der Waals surface area contributed by atoms with Gasteiger partial charge in [0.25, 0.3) is 11.8 Å². The van der Waals surface area contributed by atoms with Gasteiger partial charge in [0.15, 0.2) is 1.41 Å². The van der Waals surface area contributed by atoms with Crippen LogP contribution >= 0.6 is 0 Å². The van der Waals surface area contributed by atoms with E-state index in [9.17, 15) is 9.59 Å². The summed E-state index contributed by atoms with van der Waals surface area (Å²) in [7, 11) is 1.73. The minimum Gasteiger partial charge on any atom is -0.472 e. The minimum atomic E-state index is -0.865. The van der Waals surface area contributed by atoms with Crippen molar-refractivity contribution in [1.82, 2.24) is 10.2 Å². The van der Waals surface area contributed by atoms with Crippen LogP contribution in [0.2, 0.25) is 1.41 Å². The molecule has 3 aromatic rings. The molecule has 174 valence electrons. The molecule has 1 saturated heterocycles. The molecule has 0 saturated carbocycles. The Morgan fingerprint density at radius 1 is 1.21 bits per heavy atom. The number of carbonyl (C=O) groups is 2. The fourth-order valence-electron chi connectivity index (χ4n) is 4.42. The normalized spacial score (nSPS) is 20.9. The second-order valence-electron chi connectivity index (χ2n) is 8.43. The molecule has 1 fully saturated rings. The number of ether oxygens (including phenoxy) is 1. The zero-order chi connectivity index (χ0) is 26.1. The van der Waals surface area contributed by atoms with Gasteiger partial charge in [-0.25, -0.2) is 0 Å². The first kappa shape index (κ1) is 18.7. The number of imide groups is 1. The highest BCUT2D eigenvalue weighted by molar-refractivity contribution is 6.31. The topological polar surface area (TPSA) is 83.8 Å². The van der Waals surface area contributed by atoms with Gasteiger partial charge in [-0.15, -0.1) is 0 Å². The second kappa shape index (κ2) is 9.67. The molecule has 2 aromatic carbocycles. The Morgan fingerprint density at radius 3 is 2.82 bits per heavy atom. The van der Waals surface area contributed by atoms with Gasteiger partial charge in [0.1, 0.15) is 0 Å². The lowest BCUT2D eigenvalue weighted by molar-refractivity contribution is -0.114. The number of hydrogen-bond acceptors (Lipinski definition) is 6. The van der Waals surface area contributed by atoms with Crippen LogP contribution in [-0.4, -0.2) is 43.0 Å². The summed E-state index contributed by atoms with van der Waals surface area (Å²) in [5.74, 6) is -1.71. The lowest BCUT2D eigenvalue weighted by Crippen LogP contribution is -2.36. The lowest BCUT2D eigenvalue weighted by Gasteiger charge is -2.23. The Bertz CT molecular complexity index is 1360. The molecule has 0 radical (unpaired) electrons. The number of hydrogen-bond donors (Lipinski definition) is 2. The Balaban J connectivity index is 1.43. The molecule has 1 aromatic heterocycles. The van der Waals surface area contributed by atoms with Gasteiger partial charge >= 0.3 is 0 Å². The van der Waals surface area contributed by atoms with Crippen molar-refractivity contribution < 1.29 is 22.9 Å². The number of rotatable bonds is 7. The molecule has 7 nitrogen and oxygen atoms in total. The van der Waals surface area contributed by atoms with Gasteiger partial charge in [-0.2, -0.15) is 0 Å². The lowest BCUT2D eigenvalue weighted by atomic mass is 9.92. The van der Waals surface area contributed by atoms with Crippen molar-refractivity contribution in [2.24, 2.45) is 0 Å². The molecule has 2 aliphatic heterocycles. The average molecular weight is 464 g/mol. The van der Waals surface area contributed by atoms with E-state index in [4.69, 9.17) is 13.3 Å². The smallest absolute Gasteiger partial charge is 0.260 e. The average Bonchev–Trinajstić information content (AvgIpc) is 3.57. The second-order valence-corrected chi connectivity index (χ2v) is 8.43. The highest BCUT2D eigenvalue weighted by Gasteiger charge is 2.28. The van der Waals surface area contributed by atoms with Crippen LogP contribution in [0.15, 0.2) is 71.6 Å². The van der Waals surface area contributed by atoms with Gasteiger partial charge in [0, 0.05) is 48.3 Å². The molecule has 34 heavy (non-hydrogen) atoms. The van der Waals surface area contributed by atoms with Crippen LogP contribution in [0.5, 0.6) is 0 Å². The van der Waals surface area contributed by atoms with Crippen LogP contribution < -0.4 is 10.6 Å². The molecule has 0 spiro atoms. The number of benzene rings is 2. The number of nitrogens with one attached hydrogen (secondary N) is 2. The zero-order valence-electron chi connectivity index (χ0n) is 21.8. The molecule has 5 rings (SSSR count). The summed E-state index contributed by atoms with van der Waals surface area (Å²) in [5.41, 5.74) is 2.68. The first-order chi connectivity index (χ1) is 17.9. The molecule has 2 N–H and O–H groups in total. The van der Waals surface area contributed by atoms with Crippen LogP contribution in [0, 0.1) is 0 Å². The van der Waals surface area contributed by atoms with Crippen molar-refractivity contribution in [2.45, 2.75) is 25.4 Å². The van der Waals surface area contributed by atoms with Gasteiger partial charge in [-0.1, -0.05) is 18.2 Å². The summed E-state index contributed by atoms with van der Waals surface area (Å²) >= 11 is 0. The Hall–Kier alpha value is -3.68.